The molecule has 5 heterocycles. The van der Waals surface area contributed by atoms with E-state index >= 15 is 4.39 Å². The molecule has 1 aliphatic rings. The number of fused-ring (bicyclic) bond motifs is 11. The maximum absolute atomic E-state index is 16.7. The van der Waals surface area contributed by atoms with Gasteiger partial charge in [-0.05, 0) is 41.3 Å². The molecule has 0 amide bonds. The van der Waals surface area contributed by atoms with Gasteiger partial charge in [-0.1, -0.05) is 78.3 Å². The van der Waals surface area contributed by atoms with Crippen molar-refractivity contribution >= 4 is 66.5 Å². The minimum Gasteiger partial charge on any atom is -0.456 e. The second-order valence-electron chi connectivity index (χ2n) is 13.0. The summed E-state index contributed by atoms with van der Waals surface area (Å²) in [7, 11) is 0. The van der Waals surface area contributed by atoms with Gasteiger partial charge in [0.2, 0.25) is 0 Å². The van der Waals surface area contributed by atoms with Gasteiger partial charge in [-0.2, -0.15) is 18.2 Å². The SMILES string of the molecule is CC1(C)c2cc3oc4ccccc4c3cc2N(c2[c-]c(C(F)c3[c-]c4c(cc3)c3ccccc3n3ccnc43)ccc2)c2ncccc21.[Pd+2]. The summed E-state index contributed by atoms with van der Waals surface area (Å²) in [6.07, 6.45) is 4.06. The third-order valence-corrected chi connectivity index (χ3v) is 9.96. The van der Waals surface area contributed by atoms with E-state index in [0.717, 1.165) is 71.9 Å². The van der Waals surface area contributed by atoms with Crippen LogP contribution >= 0.6 is 0 Å². The summed E-state index contributed by atoms with van der Waals surface area (Å²) in [5.41, 5.74) is 7.83. The summed E-state index contributed by atoms with van der Waals surface area (Å²) in [6.45, 7) is 4.43. The number of furan rings is 1. The Hall–Kier alpha value is -5.35. The van der Waals surface area contributed by atoms with Crippen LogP contribution in [0.25, 0.3) is 49.3 Å². The van der Waals surface area contributed by atoms with Crippen LogP contribution in [0.5, 0.6) is 0 Å². The zero-order chi connectivity index (χ0) is 32.1. The maximum atomic E-state index is 16.7. The fourth-order valence-corrected chi connectivity index (χ4v) is 7.58. The van der Waals surface area contributed by atoms with Crippen molar-refractivity contribution in [3.8, 4) is 0 Å². The number of rotatable bonds is 3. The van der Waals surface area contributed by atoms with E-state index in [9.17, 15) is 0 Å². The van der Waals surface area contributed by atoms with Crippen molar-refractivity contribution in [1.29, 1.82) is 0 Å². The minimum absolute atomic E-state index is 0. The molecular formula is C42H27FN4OPd. The molecule has 0 aliphatic carbocycles. The van der Waals surface area contributed by atoms with Crippen molar-refractivity contribution in [2.24, 2.45) is 0 Å². The molecule has 49 heavy (non-hydrogen) atoms. The van der Waals surface area contributed by atoms with E-state index in [0.29, 0.717) is 16.8 Å². The standard InChI is InChI=1S/C42H27FN4O.Pd/c1-42(2)33-13-8-18-44-41(33)47(36-23-31-30-12-4-6-15-37(30)48-38(31)24-34(36)42)27-10-7-9-25(21-27)39(43)26-16-17-28-29-11-3-5-14-35(29)46-20-19-45-40(46)32(28)22-26;/h3-20,23-24,39H,1-2H3;/q-2;+2. The second kappa shape index (κ2) is 10.8. The number of benzene rings is 5. The molecular weight excluding hydrogens is 702 g/mol. The van der Waals surface area contributed by atoms with Gasteiger partial charge in [-0.15, -0.1) is 29.8 Å². The van der Waals surface area contributed by atoms with Gasteiger partial charge in [0, 0.05) is 45.9 Å². The summed E-state index contributed by atoms with van der Waals surface area (Å²) in [5, 5.41) is 4.92. The number of pyridine rings is 2. The van der Waals surface area contributed by atoms with Gasteiger partial charge in [-0.3, -0.25) is 4.98 Å². The van der Waals surface area contributed by atoms with Gasteiger partial charge in [0.1, 0.15) is 23.2 Å². The molecule has 0 N–H and O–H groups in total. The first-order valence-corrected chi connectivity index (χ1v) is 16.0. The second-order valence-corrected chi connectivity index (χ2v) is 13.0. The molecule has 7 heteroatoms. The molecule has 5 aromatic carbocycles. The predicted molar refractivity (Wildman–Crippen MR) is 189 cm³/mol. The van der Waals surface area contributed by atoms with Crippen LogP contribution in [0, 0.1) is 12.1 Å². The molecule has 9 aromatic rings. The van der Waals surface area contributed by atoms with Gasteiger partial charge in [0.25, 0.3) is 0 Å². The molecule has 0 saturated carbocycles. The van der Waals surface area contributed by atoms with Crippen molar-refractivity contribution in [3.63, 3.8) is 0 Å². The van der Waals surface area contributed by atoms with Crippen LogP contribution in [-0.2, 0) is 25.8 Å². The van der Waals surface area contributed by atoms with Crippen molar-refractivity contribution < 1.29 is 29.2 Å². The zero-order valence-electron chi connectivity index (χ0n) is 26.5. The van der Waals surface area contributed by atoms with Crippen LogP contribution in [0.3, 0.4) is 0 Å². The van der Waals surface area contributed by atoms with E-state index in [1.54, 1.807) is 12.3 Å². The Labute approximate surface area is 295 Å². The van der Waals surface area contributed by atoms with Gasteiger partial charge < -0.3 is 13.7 Å². The van der Waals surface area contributed by atoms with Crippen LogP contribution in [0.15, 0.2) is 126 Å². The Morgan fingerprint density at radius 2 is 1.53 bits per heavy atom. The molecule has 0 radical (unpaired) electrons. The Bertz CT molecular complexity index is 2760. The molecule has 0 saturated heterocycles. The van der Waals surface area contributed by atoms with E-state index < -0.39 is 6.17 Å². The fraction of sp³-hybridized carbons (Fsp3) is 0.0952. The summed E-state index contributed by atoms with van der Waals surface area (Å²) in [4.78, 5) is 11.6. The van der Waals surface area contributed by atoms with Crippen molar-refractivity contribution in [2.45, 2.75) is 25.4 Å². The number of aromatic nitrogens is 3. The van der Waals surface area contributed by atoms with Crippen LogP contribution < -0.4 is 4.90 Å². The molecule has 10 rings (SSSR count). The predicted octanol–water partition coefficient (Wildman–Crippen LogP) is 10.7. The number of halogens is 1. The summed E-state index contributed by atoms with van der Waals surface area (Å²) in [6, 6.07) is 41.0. The number of alkyl halides is 1. The fourth-order valence-electron chi connectivity index (χ4n) is 7.58. The average Bonchev–Trinajstić information content (AvgIpc) is 3.77. The Kier molecular flexibility index (Phi) is 6.58. The first-order valence-electron chi connectivity index (χ1n) is 16.0. The van der Waals surface area contributed by atoms with E-state index in [2.05, 4.69) is 72.3 Å². The van der Waals surface area contributed by atoms with Crippen LogP contribution in [0.4, 0.5) is 21.6 Å². The Balaban J connectivity index is 0.00000325. The zero-order valence-corrected chi connectivity index (χ0v) is 28.1. The van der Waals surface area contributed by atoms with E-state index in [4.69, 9.17) is 9.40 Å². The molecule has 1 aliphatic heterocycles. The van der Waals surface area contributed by atoms with Crippen LogP contribution in [-0.4, -0.2) is 14.4 Å². The topological polar surface area (TPSA) is 46.6 Å². The largest absolute Gasteiger partial charge is 2.00 e. The molecule has 0 bridgehead atoms. The third-order valence-electron chi connectivity index (χ3n) is 9.96. The van der Waals surface area contributed by atoms with Gasteiger partial charge >= 0.3 is 20.4 Å². The van der Waals surface area contributed by atoms with Crippen LogP contribution in [0.1, 0.15) is 42.3 Å². The number of imidazole rings is 1. The normalized spacial score (nSPS) is 14.3. The van der Waals surface area contributed by atoms with E-state index in [1.165, 1.54) is 0 Å². The first-order chi connectivity index (χ1) is 23.5. The number of anilines is 3. The van der Waals surface area contributed by atoms with E-state index in [1.807, 2.05) is 77.5 Å². The van der Waals surface area contributed by atoms with E-state index in [-0.39, 0.29) is 25.8 Å². The molecule has 0 spiro atoms. The molecule has 1 unspecified atom stereocenters. The number of hydrogen-bond donors (Lipinski definition) is 0. The number of hydrogen-bond acceptors (Lipinski definition) is 4. The van der Waals surface area contributed by atoms with Crippen LogP contribution in [0.2, 0.25) is 0 Å². The van der Waals surface area contributed by atoms with Gasteiger partial charge in [0.15, 0.2) is 0 Å². The smallest absolute Gasteiger partial charge is 0.456 e. The summed E-state index contributed by atoms with van der Waals surface area (Å²) in [5.74, 6) is 0.803. The quantitative estimate of drug-likeness (QED) is 0.103. The van der Waals surface area contributed by atoms with Crippen molar-refractivity contribution in [3.05, 3.63) is 156 Å². The van der Waals surface area contributed by atoms with Gasteiger partial charge in [-0.25, -0.2) is 9.37 Å². The summed E-state index contributed by atoms with van der Waals surface area (Å²) < 4.78 is 25.1. The Morgan fingerprint density at radius 1 is 0.714 bits per heavy atom. The summed E-state index contributed by atoms with van der Waals surface area (Å²) >= 11 is 0. The third kappa shape index (κ3) is 4.26. The monoisotopic (exact) mass is 728 g/mol. The molecule has 5 nitrogen and oxygen atoms in total. The molecule has 4 aromatic heterocycles. The molecule has 1 atom stereocenters. The average molecular weight is 729 g/mol. The Morgan fingerprint density at radius 3 is 2.43 bits per heavy atom. The van der Waals surface area contributed by atoms with Crippen molar-refractivity contribution in [1.82, 2.24) is 14.4 Å². The van der Waals surface area contributed by atoms with Gasteiger partial charge in [0.05, 0.1) is 11.3 Å². The molecule has 238 valence electrons. The minimum atomic E-state index is -1.46. The molecule has 0 fully saturated rings. The number of para-hydroxylation sites is 2. The number of nitrogens with zero attached hydrogens (tertiary/aromatic N) is 4. The van der Waals surface area contributed by atoms with Crippen molar-refractivity contribution in [2.75, 3.05) is 4.90 Å². The maximum Gasteiger partial charge on any atom is 2.00 e. The first kappa shape index (κ1) is 29.8.